The number of aliphatic hydroxyl groups is 2. The van der Waals surface area contributed by atoms with Gasteiger partial charge in [0.25, 0.3) is 0 Å². The molecule has 5 heteroatoms. The molecule has 2 aliphatic heterocycles. The van der Waals surface area contributed by atoms with Gasteiger partial charge in [0.15, 0.2) is 5.79 Å². The minimum Gasteiger partial charge on any atom is -0.394 e. The average molecular weight is 264 g/mol. The van der Waals surface area contributed by atoms with Crippen molar-refractivity contribution in [3.05, 3.63) is 34.9 Å². The zero-order valence-corrected chi connectivity index (χ0v) is 10.4. The van der Waals surface area contributed by atoms with Crippen LogP contribution in [0.3, 0.4) is 0 Å². The van der Waals surface area contributed by atoms with Crippen molar-refractivity contribution in [3.63, 3.8) is 0 Å². The van der Waals surface area contributed by atoms with Crippen molar-refractivity contribution in [2.45, 2.75) is 37.4 Å². The van der Waals surface area contributed by atoms with Gasteiger partial charge in [-0.1, -0.05) is 18.2 Å². The summed E-state index contributed by atoms with van der Waals surface area (Å²) in [6, 6.07) is 5.51. The number of aldehydes is 1. The van der Waals surface area contributed by atoms with Gasteiger partial charge < -0.3 is 19.7 Å². The van der Waals surface area contributed by atoms with Gasteiger partial charge >= 0.3 is 0 Å². The lowest BCUT2D eigenvalue weighted by Crippen LogP contribution is -2.39. The second kappa shape index (κ2) is 4.68. The molecule has 2 N–H and O–H groups in total. The van der Waals surface area contributed by atoms with Crippen LogP contribution >= 0.6 is 0 Å². The molecular weight excluding hydrogens is 248 g/mol. The predicted molar refractivity (Wildman–Crippen MR) is 65.6 cm³/mol. The lowest BCUT2D eigenvalue weighted by molar-refractivity contribution is -0.242. The van der Waals surface area contributed by atoms with Crippen molar-refractivity contribution in [2.24, 2.45) is 0 Å². The van der Waals surface area contributed by atoms with Gasteiger partial charge in [0.2, 0.25) is 0 Å². The topological polar surface area (TPSA) is 76.0 Å². The monoisotopic (exact) mass is 264 g/mol. The Balaban J connectivity index is 1.92. The molecule has 1 saturated heterocycles. The molecule has 3 rings (SSSR count). The SMILES string of the molecule is O=Cc1cccc2c1C[C@@]1(C[C@H](O)[C@@H](CO)O1)OC2. The molecule has 1 spiro atoms. The number of fused-ring (bicyclic) bond motifs is 1. The molecule has 1 aromatic carbocycles. The van der Waals surface area contributed by atoms with Gasteiger partial charge in [-0.3, -0.25) is 4.79 Å². The number of carbonyl (C=O) groups excluding carboxylic acids is 1. The average Bonchev–Trinajstić information content (AvgIpc) is 2.74. The van der Waals surface area contributed by atoms with Crippen molar-refractivity contribution < 1.29 is 24.5 Å². The van der Waals surface area contributed by atoms with Crippen LogP contribution in [0.15, 0.2) is 18.2 Å². The molecular formula is C14H16O5. The molecule has 1 fully saturated rings. The number of rotatable bonds is 2. The van der Waals surface area contributed by atoms with Crippen molar-refractivity contribution in [1.82, 2.24) is 0 Å². The maximum atomic E-state index is 11.1. The van der Waals surface area contributed by atoms with Gasteiger partial charge in [-0.25, -0.2) is 0 Å². The summed E-state index contributed by atoms with van der Waals surface area (Å²) in [6.07, 6.45) is 0.197. The van der Waals surface area contributed by atoms with Crippen LogP contribution in [0.25, 0.3) is 0 Å². The van der Waals surface area contributed by atoms with E-state index in [1.165, 1.54) is 0 Å². The van der Waals surface area contributed by atoms with Crippen LogP contribution in [0.2, 0.25) is 0 Å². The standard InChI is InChI=1S/C14H16O5/c15-6-9-2-1-3-10-8-18-14(4-11(9)10)5-12(17)13(7-16)19-14/h1-3,6,12-13,16-17H,4-5,7-8H2/t12-,13+,14+/m0/s1. The van der Waals surface area contributed by atoms with E-state index >= 15 is 0 Å². The molecule has 0 aliphatic carbocycles. The first kappa shape index (κ1) is 12.7. The van der Waals surface area contributed by atoms with Gasteiger partial charge in [-0.2, -0.15) is 0 Å². The van der Waals surface area contributed by atoms with Crippen LogP contribution in [0.5, 0.6) is 0 Å². The van der Waals surface area contributed by atoms with Gasteiger partial charge in [0.1, 0.15) is 12.4 Å². The highest BCUT2D eigenvalue weighted by Gasteiger charge is 2.48. The van der Waals surface area contributed by atoms with Gasteiger partial charge in [0.05, 0.1) is 19.3 Å². The summed E-state index contributed by atoms with van der Waals surface area (Å²) in [5.41, 5.74) is 2.51. The Morgan fingerprint density at radius 3 is 3.00 bits per heavy atom. The lowest BCUT2D eigenvalue weighted by Gasteiger charge is -2.35. The molecule has 102 valence electrons. The van der Waals surface area contributed by atoms with Crippen LogP contribution < -0.4 is 0 Å². The molecule has 5 nitrogen and oxygen atoms in total. The summed E-state index contributed by atoms with van der Waals surface area (Å²) in [5, 5.41) is 19.0. The Kier molecular flexibility index (Phi) is 3.14. The number of benzene rings is 1. The number of hydrogen-bond acceptors (Lipinski definition) is 5. The molecule has 0 saturated carbocycles. The molecule has 1 aromatic rings. The summed E-state index contributed by atoms with van der Waals surface area (Å²) in [4.78, 5) is 11.1. The summed E-state index contributed by atoms with van der Waals surface area (Å²) in [7, 11) is 0. The second-order valence-electron chi connectivity index (χ2n) is 5.09. The van der Waals surface area contributed by atoms with E-state index in [4.69, 9.17) is 14.6 Å². The van der Waals surface area contributed by atoms with E-state index in [-0.39, 0.29) is 6.61 Å². The molecule has 0 bridgehead atoms. The van der Waals surface area contributed by atoms with Gasteiger partial charge in [-0.05, 0) is 11.1 Å². The zero-order valence-electron chi connectivity index (χ0n) is 10.4. The number of carbonyl (C=O) groups is 1. The third-order valence-electron chi connectivity index (χ3n) is 3.87. The van der Waals surface area contributed by atoms with Crippen molar-refractivity contribution in [3.8, 4) is 0 Å². The Morgan fingerprint density at radius 1 is 1.47 bits per heavy atom. The fourth-order valence-corrected chi connectivity index (χ4v) is 2.86. The van der Waals surface area contributed by atoms with Crippen molar-refractivity contribution in [1.29, 1.82) is 0 Å². The highest BCUT2D eigenvalue weighted by Crippen LogP contribution is 2.40. The largest absolute Gasteiger partial charge is 0.394 e. The second-order valence-corrected chi connectivity index (χ2v) is 5.09. The van der Waals surface area contributed by atoms with E-state index in [2.05, 4.69) is 0 Å². The zero-order chi connectivity index (χ0) is 13.5. The van der Waals surface area contributed by atoms with E-state index in [0.29, 0.717) is 25.0 Å². The molecule has 2 heterocycles. The molecule has 2 aliphatic rings. The van der Waals surface area contributed by atoms with E-state index in [9.17, 15) is 9.90 Å². The van der Waals surface area contributed by atoms with E-state index < -0.39 is 18.0 Å². The van der Waals surface area contributed by atoms with Crippen LogP contribution in [-0.4, -0.2) is 41.1 Å². The van der Waals surface area contributed by atoms with E-state index in [1.807, 2.05) is 12.1 Å². The van der Waals surface area contributed by atoms with E-state index in [1.54, 1.807) is 6.07 Å². The van der Waals surface area contributed by atoms with Gasteiger partial charge in [-0.15, -0.1) is 0 Å². The third kappa shape index (κ3) is 2.08. The smallest absolute Gasteiger partial charge is 0.175 e. The molecule has 3 atom stereocenters. The van der Waals surface area contributed by atoms with E-state index in [0.717, 1.165) is 17.4 Å². The Morgan fingerprint density at radius 2 is 2.32 bits per heavy atom. The Labute approximate surface area is 110 Å². The molecule has 0 radical (unpaired) electrons. The van der Waals surface area contributed by atoms with Gasteiger partial charge in [0, 0.05) is 18.4 Å². The molecule has 19 heavy (non-hydrogen) atoms. The molecule has 0 unspecified atom stereocenters. The van der Waals surface area contributed by atoms with Crippen molar-refractivity contribution >= 4 is 6.29 Å². The predicted octanol–water partition coefficient (Wildman–Crippen LogP) is 0.410. The van der Waals surface area contributed by atoms with Crippen LogP contribution in [0.4, 0.5) is 0 Å². The van der Waals surface area contributed by atoms with Crippen molar-refractivity contribution in [2.75, 3.05) is 6.61 Å². The van der Waals surface area contributed by atoms with Crippen LogP contribution in [0, 0.1) is 0 Å². The summed E-state index contributed by atoms with van der Waals surface area (Å²) in [6.45, 7) is 0.107. The quantitative estimate of drug-likeness (QED) is 0.757. The maximum absolute atomic E-state index is 11.1. The minimum absolute atomic E-state index is 0.242. The highest BCUT2D eigenvalue weighted by molar-refractivity contribution is 5.78. The molecule has 0 aromatic heterocycles. The fraction of sp³-hybridized carbons (Fsp3) is 0.500. The third-order valence-corrected chi connectivity index (χ3v) is 3.87. The summed E-state index contributed by atoms with van der Waals surface area (Å²) < 4.78 is 11.4. The first-order chi connectivity index (χ1) is 9.17. The van der Waals surface area contributed by atoms with Crippen LogP contribution in [0.1, 0.15) is 27.9 Å². The number of ether oxygens (including phenoxy) is 2. The highest BCUT2D eigenvalue weighted by atomic mass is 16.7. The first-order valence-corrected chi connectivity index (χ1v) is 6.34. The maximum Gasteiger partial charge on any atom is 0.175 e. The minimum atomic E-state index is -0.918. The lowest BCUT2D eigenvalue weighted by atomic mass is 9.91. The normalized spacial score (nSPS) is 33.4. The Hall–Kier alpha value is -1.27. The number of hydrogen-bond donors (Lipinski definition) is 2. The first-order valence-electron chi connectivity index (χ1n) is 6.34. The fourth-order valence-electron chi connectivity index (χ4n) is 2.86. The summed E-state index contributed by atoms with van der Waals surface area (Å²) >= 11 is 0. The number of aliphatic hydroxyl groups excluding tert-OH is 2. The molecule has 0 amide bonds. The summed E-state index contributed by atoms with van der Waals surface area (Å²) in [5.74, 6) is -0.918. The Bertz CT molecular complexity index is 501. The van der Waals surface area contributed by atoms with Crippen LogP contribution in [-0.2, 0) is 22.5 Å².